The summed E-state index contributed by atoms with van der Waals surface area (Å²) >= 11 is 1.53. The maximum Gasteiger partial charge on any atom is 0.337 e. The van der Waals surface area contributed by atoms with E-state index in [-0.39, 0.29) is 10.8 Å². The minimum atomic E-state index is -3.73. The van der Waals surface area contributed by atoms with Gasteiger partial charge in [-0.05, 0) is 79.1 Å². The van der Waals surface area contributed by atoms with Crippen LogP contribution in [0.5, 0.6) is 0 Å². The van der Waals surface area contributed by atoms with Crippen molar-refractivity contribution in [2.45, 2.75) is 9.79 Å². The van der Waals surface area contributed by atoms with Crippen molar-refractivity contribution in [2.24, 2.45) is 0 Å². The van der Waals surface area contributed by atoms with Gasteiger partial charge in [0.1, 0.15) is 0 Å². The molecule has 0 aromatic heterocycles. The van der Waals surface area contributed by atoms with Crippen molar-refractivity contribution in [3.63, 3.8) is 0 Å². The Morgan fingerprint density at radius 2 is 1.44 bits per heavy atom. The van der Waals surface area contributed by atoms with Crippen LogP contribution in [0.15, 0.2) is 82.6 Å². The summed E-state index contributed by atoms with van der Waals surface area (Å²) in [6, 6.07) is 19.2. The molecule has 0 saturated heterocycles. The first kappa shape index (κ1) is 23.4. The largest absolute Gasteiger partial charge is 0.465 e. The molecule has 0 heterocycles. The first-order valence-electron chi connectivity index (χ1n) is 9.49. The number of ether oxygens (including phenoxy) is 1. The number of nitrogens with zero attached hydrogens (tertiary/aromatic N) is 1. The van der Waals surface area contributed by atoms with E-state index >= 15 is 0 Å². The maximum absolute atomic E-state index is 12.9. The normalized spacial score (nSPS) is 11.0. The van der Waals surface area contributed by atoms with Crippen molar-refractivity contribution in [1.29, 1.82) is 0 Å². The summed E-state index contributed by atoms with van der Waals surface area (Å²) in [5.41, 5.74) is 1.68. The third kappa shape index (κ3) is 5.12. The zero-order valence-electron chi connectivity index (χ0n) is 17.7. The predicted molar refractivity (Wildman–Crippen MR) is 126 cm³/mol. The molecule has 9 heteroatoms. The fraction of sp³-hybridized carbons (Fsp3) is 0.130. The quantitative estimate of drug-likeness (QED) is 0.409. The second-order valence-electron chi connectivity index (χ2n) is 6.72. The summed E-state index contributed by atoms with van der Waals surface area (Å²) < 4.78 is 31.6. The zero-order chi connectivity index (χ0) is 23.3. The van der Waals surface area contributed by atoms with Crippen LogP contribution in [0.2, 0.25) is 0 Å². The van der Waals surface area contributed by atoms with E-state index in [2.05, 4.69) is 10.1 Å². The number of nitrogens with one attached hydrogen (secondary N) is 1. The lowest BCUT2D eigenvalue weighted by atomic mass is 10.1. The van der Waals surface area contributed by atoms with Gasteiger partial charge in [-0.3, -0.25) is 9.10 Å². The molecule has 0 atom stereocenters. The highest BCUT2D eigenvalue weighted by Crippen LogP contribution is 2.24. The Kier molecular flexibility index (Phi) is 7.22. The second-order valence-corrected chi connectivity index (χ2v) is 9.57. The van der Waals surface area contributed by atoms with Gasteiger partial charge in [0.2, 0.25) is 0 Å². The standard InChI is InChI=1S/C23H22N2O5S2/c1-25(32(28,29)21-14-12-20(31-3)13-15-21)19-10-6-16(7-11-19)22(26)24-18-8-4-17(5-9-18)23(27)30-2/h4-15H,1-3H3,(H,24,26). The summed E-state index contributed by atoms with van der Waals surface area (Å²) in [4.78, 5) is 25.2. The Balaban J connectivity index is 1.72. The molecule has 3 rings (SSSR count). The van der Waals surface area contributed by atoms with Gasteiger partial charge in [-0.25, -0.2) is 13.2 Å². The smallest absolute Gasteiger partial charge is 0.337 e. The van der Waals surface area contributed by atoms with Gasteiger partial charge < -0.3 is 10.1 Å². The first-order valence-corrected chi connectivity index (χ1v) is 12.2. The predicted octanol–water partition coefficient (Wildman–Crippen LogP) is 4.27. The highest BCUT2D eigenvalue weighted by Gasteiger charge is 2.21. The summed E-state index contributed by atoms with van der Waals surface area (Å²) in [7, 11) is -0.961. The zero-order valence-corrected chi connectivity index (χ0v) is 19.4. The number of hydrogen-bond donors (Lipinski definition) is 1. The number of thioether (sulfide) groups is 1. The number of hydrogen-bond acceptors (Lipinski definition) is 6. The molecule has 1 N–H and O–H groups in total. The molecule has 7 nitrogen and oxygen atoms in total. The van der Waals surface area contributed by atoms with Gasteiger partial charge in [0.05, 0.1) is 23.3 Å². The molecule has 0 aliphatic carbocycles. The molecular weight excluding hydrogens is 448 g/mol. The molecule has 166 valence electrons. The van der Waals surface area contributed by atoms with Crippen LogP contribution in [0.3, 0.4) is 0 Å². The minimum absolute atomic E-state index is 0.190. The van der Waals surface area contributed by atoms with E-state index in [0.717, 1.165) is 4.90 Å². The number of carbonyl (C=O) groups excluding carboxylic acids is 2. The van der Waals surface area contributed by atoms with Crippen LogP contribution in [0.25, 0.3) is 0 Å². The van der Waals surface area contributed by atoms with Crippen LogP contribution in [0.1, 0.15) is 20.7 Å². The highest BCUT2D eigenvalue weighted by atomic mass is 32.2. The average molecular weight is 471 g/mol. The molecule has 0 aliphatic rings. The van der Waals surface area contributed by atoms with Crippen molar-refractivity contribution < 1.29 is 22.7 Å². The Labute approximate surface area is 191 Å². The molecule has 3 aromatic rings. The SMILES string of the molecule is COC(=O)c1ccc(NC(=O)c2ccc(N(C)S(=O)(=O)c3ccc(SC)cc3)cc2)cc1. The number of sulfonamides is 1. The van der Waals surface area contributed by atoms with E-state index < -0.39 is 16.0 Å². The molecule has 0 bridgehead atoms. The maximum atomic E-state index is 12.9. The topological polar surface area (TPSA) is 92.8 Å². The Morgan fingerprint density at radius 1 is 0.875 bits per heavy atom. The Bertz CT molecular complexity index is 1210. The number of anilines is 2. The molecule has 0 radical (unpaired) electrons. The molecule has 3 aromatic carbocycles. The van der Waals surface area contributed by atoms with Crippen LogP contribution in [0, 0.1) is 0 Å². The van der Waals surface area contributed by atoms with E-state index in [0.29, 0.717) is 22.5 Å². The fourth-order valence-electron chi connectivity index (χ4n) is 2.88. The molecule has 0 spiro atoms. The molecule has 0 fully saturated rings. The number of amides is 1. The average Bonchev–Trinajstić information content (AvgIpc) is 2.83. The van der Waals surface area contributed by atoms with Crippen LogP contribution in [-0.4, -0.2) is 40.7 Å². The van der Waals surface area contributed by atoms with E-state index in [4.69, 9.17) is 0 Å². The monoisotopic (exact) mass is 470 g/mol. The van der Waals surface area contributed by atoms with Gasteiger partial charge in [-0.1, -0.05) is 0 Å². The van der Waals surface area contributed by atoms with E-state index in [9.17, 15) is 18.0 Å². The van der Waals surface area contributed by atoms with Crippen LogP contribution >= 0.6 is 11.8 Å². The summed E-state index contributed by atoms with van der Waals surface area (Å²) in [6.07, 6.45) is 1.92. The van der Waals surface area contributed by atoms with Gasteiger partial charge in [0, 0.05) is 23.2 Å². The van der Waals surface area contributed by atoms with Crippen LogP contribution in [0.4, 0.5) is 11.4 Å². The molecule has 0 saturated carbocycles. The lowest BCUT2D eigenvalue weighted by Gasteiger charge is -2.20. The second kappa shape index (κ2) is 9.88. The van der Waals surface area contributed by atoms with Crippen molar-refractivity contribution in [1.82, 2.24) is 0 Å². The number of esters is 1. The van der Waals surface area contributed by atoms with Crippen molar-refractivity contribution in [3.05, 3.63) is 83.9 Å². The molecule has 0 unspecified atom stereocenters. The third-order valence-electron chi connectivity index (χ3n) is 4.77. The number of carbonyl (C=O) groups is 2. The van der Waals surface area contributed by atoms with Crippen molar-refractivity contribution in [3.8, 4) is 0 Å². The fourth-order valence-corrected chi connectivity index (χ4v) is 4.48. The number of benzene rings is 3. The molecule has 0 aliphatic heterocycles. The van der Waals surface area contributed by atoms with Crippen LogP contribution in [-0.2, 0) is 14.8 Å². The van der Waals surface area contributed by atoms with Crippen LogP contribution < -0.4 is 9.62 Å². The summed E-state index contributed by atoms with van der Waals surface area (Å²) in [6.45, 7) is 0. The van der Waals surface area contributed by atoms with Gasteiger partial charge in [0.15, 0.2) is 0 Å². The Hall–Kier alpha value is -3.30. The number of rotatable bonds is 7. The third-order valence-corrected chi connectivity index (χ3v) is 7.32. The van der Waals surface area contributed by atoms with Gasteiger partial charge in [0.25, 0.3) is 15.9 Å². The number of methoxy groups -OCH3 is 1. The molecule has 1 amide bonds. The van der Waals surface area contributed by atoms with Gasteiger partial charge >= 0.3 is 5.97 Å². The van der Waals surface area contributed by atoms with E-state index in [1.165, 1.54) is 30.2 Å². The van der Waals surface area contributed by atoms with Gasteiger partial charge in [-0.15, -0.1) is 11.8 Å². The van der Waals surface area contributed by atoms with Gasteiger partial charge in [-0.2, -0.15) is 0 Å². The molecular formula is C23H22N2O5S2. The minimum Gasteiger partial charge on any atom is -0.465 e. The first-order chi connectivity index (χ1) is 15.3. The molecule has 32 heavy (non-hydrogen) atoms. The summed E-state index contributed by atoms with van der Waals surface area (Å²) in [5, 5.41) is 2.73. The van der Waals surface area contributed by atoms with E-state index in [1.54, 1.807) is 72.8 Å². The summed E-state index contributed by atoms with van der Waals surface area (Å²) in [5.74, 6) is -0.821. The van der Waals surface area contributed by atoms with Crippen molar-refractivity contribution >= 4 is 45.0 Å². The van der Waals surface area contributed by atoms with Crippen molar-refractivity contribution in [2.75, 3.05) is 30.0 Å². The van der Waals surface area contributed by atoms with E-state index in [1.807, 2.05) is 6.26 Å². The Morgan fingerprint density at radius 3 is 1.97 bits per heavy atom. The highest BCUT2D eigenvalue weighted by molar-refractivity contribution is 7.98. The lowest BCUT2D eigenvalue weighted by molar-refractivity contribution is 0.0600. The lowest BCUT2D eigenvalue weighted by Crippen LogP contribution is -2.26.